The van der Waals surface area contributed by atoms with Gasteiger partial charge in [0.25, 0.3) is 0 Å². The van der Waals surface area contributed by atoms with E-state index in [0.29, 0.717) is 5.92 Å². The number of nitrogens with zero attached hydrogens (tertiary/aromatic N) is 1. The molecule has 0 aliphatic heterocycles. The molecule has 1 atom stereocenters. The highest BCUT2D eigenvalue weighted by Crippen LogP contribution is 2.28. The van der Waals surface area contributed by atoms with Crippen molar-refractivity contribution in [1.82, 2.24) is 10.3 Å². The van der Waals surface area contributed by atoms with E-state index in [1.165, 1.54) is 16.9 Å². The van der Waals surface area contributed by atoms with Gasteiger partial charge in [0.05, 0.1) is 24.4 Å². The van der Waals surface area contributed by atoms with Crippen molar-refractivity contribution in [2.24, 2.45) is 0 Å². The lowest BCUT2D eigenvalue weighted by atomic mass is 9.98. The Balaban J connectivity index is 1.50. The van der Waals surface area contributed by atoms with Gasteiger partial charge in [0.2, 0.25) is 5.91 Å². The molecule has 4 nitrogen and oxygen atoms in total. The molecular weight excluding hydrogens is 400 g/mol. The summed E-state index contributed by atoms with van der Waals surface area (Å²) in [5.41, 5.74) is 3.12. The van der Waals surface area contributed by atoms with Gasteiger partial charge in [-0.05, 0) is 40.6 Å². The quantitative estimate of drug-likeness (QED) is 0.395. The van der Waals surface area contributed by atoms with E-state index in [9.17, 15) is 4.79 Å². The summed E-state index contributed by atoms with van der Waals surface area (Å²) in [6.07, 6.45) is 1.86. The van der Waals surface area contributed by atoms with Crippen molar-refractivity contribution in [3.8, 4) is 10.8 Å². The van der Waals surface area contributed by atoms with E-state index in [1.54, 1.807) is 17.6 Å². The zero-order valence-corrected chi connectivity index (χ0v) is 17.9. The molecule has 3 aromatic heterocycles. The van der Waals surface area contributed by atoms with E-state index < -0.39 is 0 Å². The van der Waals surface area contributed by atoms with E-state index in [2.05, 4.69) is 54.5 Å². The largest absolute Gasteiger partial charge is 0.462 e. The van der Waals surface area contributed by atoms with Crippen LogP contribution < -0.4 is 5.32 Å². The number of benzene rings is 1. The van der Waals surface area contributed by atoms with Crippen LogP contribution in [-0.2, 0) is 11.2 Å². The number of nitrogens with one attached hydrogen (secondary N) is 1. The highest BCUT2D eigenvalue weighted by atomic mass is 32.1. The molecule has 0 fully saturated rings. The first-order chi connectivity index (χ1) is 14.1. The van der Waals surface area contributed by atoms with Crippen molar-refractivity contribution in [1.29, 1.82) is 0 Å². The predicted octanol–water partition coefficient (Wildman–Crippen LogP) is 6.04. The third-order valence-corrected chi connectivity index (χ3v) is 6.54. The number of thiophene rings is 1. The second-order valence-corrected chi connectivity index (χ2v) is 8.97. The fourth-order valence-corrected chi connectivity index (χ4v) is 4.71. The van der Waals surface area contributed by atoms with Crippen molar-refractivity contribution in [2.45, 2.75) is 32.2 Å². The van der Waals surface area contributed by atoms with Crippen molar-refractivity contribution < 1.29 is 9.21 Å². The number of carbonyl (C=O) groups is 1. The Morgan fingerprint density at radius 3 is 2.52 bits per heavy atom. The number of furan rings is 1. The van der Waals surface area contributed by atoms with Crippen LogP contribution in [0.2, 0.25) is 0 Å². The van der Waals surface area contributed by atoms with Crippen molar-refractivity contribution in [3.05, 3.63) is 87.3 Å². The Morgan fingerprint density at radius 2 is 1.86 bits per heavy atom. The smallest absolute Gasteiger partial charge is 0.226 e. The minimum absolute atomic E-state index is 0.0485. The number of hydrogen-bond acceptors (Lipinski definition) is 5. The first-order valence-corrected chi connectivity index (χ1v) is 11.3. The Morgan fingerprint density at radius 1 is 1.07 bits per heavy atom. The zero-order valence-electron chi connectivity index (χ0n) is 16.3. The molecule has 148 valence electrons. The topological polar surface area (TPSA) is 55.1 Å². The van der Waals surface area contributed by atoms with Crippen LogP contribution in [0.5, 0.6) is 0 Å². The molecule has 0 spiro atoms. The van der Waals surface area contributed by atoms with Crippen molar-refractivity contribution in [3.63, 3.8) is 0 Å². The lowest BCUT2D eigenvalue weighted by molar-refractivity contribution is -0.121. The van der Waals surface area contributed by atoms with Gasteiger partial charge in [0.1, 0.15) is 0 Å². The first-order valence-electron chi connectivity index (χ1n) is 9.51. The highest BCUT2D eigenvalue weighted by molar-refractivity contribution is 7.13. The van der Waals surface area contributed by atoms with Crippen LogP contribution in [0.3, 0.4) is 0 Å². The van der Waals surface area contributed by atoms with E-state index in [4.69, 9.17) is 4.42 Å². The maximum Gasteiger partial charge on any atom is 0.226 e. The van der Waals surface area contributed by atoms with Gasteiger partial charge < -0.3 is 9.73 Å². The SMILES string of the molecule is CC(C)c1ccc(C(NC(=O)Cc2csc(-c3ccco3)n2)c2cccs2)cc1. The van der Waals surface area contributed by atoms with Gasteiger partial charge in [-0.3, -0.25) is 4.79 Å². The first kappa shape index (κ1) is 19.6. The summed E-state index contributed by atoms with van der Waals surface area (Å²) in [4.78, 5) is 18.4. The number of aromatic nitrogens is 1. The molecule has 4 aromatic rings. The van der Waals surface area contributed by atoms with Crippen molar-refractivity contribution in [2.75, 3.05) is 0 Å². The molecule has 0 radical (unpaired) electrons. The fraction of sp³-hybridized carbons (Fsp3) is 0.217. The number of thiazole rings is 1. The third kappa shape index (κ3) is 4.66. The maximum absolute atomic E-state index is 12.8. The summed E-state index contributed by atoms with van der Waals surface area (Å²) in [6, 6.07) is 16.1. The fourth-order valence-electron chi connectivity index (χ4n) is 3.13. The van der Waals surface area contributed by atoms with Crippen LogP contribution in [0.25, 0.3) is 10.8 Å². The van der Waals surface area contributed by atoms with Gasteiger partial charge in [-0.15, -0.1) is 22.7 Å². The summed E-state index contributed by atoms with van der Waals surface area (Å²) in [7, 11) is 0. The van der Waals surface area contributed by atoms with Gasteiger partial charge in [-0.1, -0.05) is 44.2 Å². The molecule has 1 unspecified atom stereocenters. The Kier molecular flexibility index (Phi) is 5.92. The van der Waals surface area contributed by atoms with Gasteiger partial charge >= 0.3 is 0 Å². The molecule has 0 aliphatic carbocycles. The Labute approximate surface area is 178 Å². The molecule has 0 saturated heterocycles. The summed E-state index contributed by atoms with van der Waals surface area (Å²) in [6.45, 7) is 4.36. The van der Waals surface area contributed by atoms with Crippen LogP contribution in [0.15, 0.2) is 70.0 Å². The lowest BCUT2D eigenvalue weighted by Gasteiger charge is -2.19. The van der Waals surface area contributed by atoms with E-state index in [1.807, 2.05) is 29.0 Å². The lowest BCUT2D eigenvalue weighted by Crippen LogP contribution is -2.30. The number of amides is 1. The second-order valence-electron chi connectivity index (χ2n) is 7.14. The van der Waals surface area contributed by atoms with Gasteiger partial charge in [0, 0.05) is 10.3 Å². The normalized spacial score (nSPS) is 12.2. The summed E-state index contributed by atoms with van der Waals surface area (Å²) < 4.78 is 5.38. The standard InChI is InChI=1S/C23H22N2O2S2/c1-15(2)16-7-9-17(10-8-16)22(20-6-4-12-28-20)25-21(26)13-18-14-29-23(24-18)19-5-3-11-27-19/h3-12,14-15,22H,13H2,1-2H3,(H,25,26). The molecule has 3 heterocycles. The molecule has 1 N–H and O–H groups in total. The summed E-state index contributed by atoms with van der Waals surface area (Å²) in [5, 5.41) is 7.92. The van der Waals surface area contributed by atoms with E-state index in [0.717, 1.165) is 26.9 Å². The van der Waals surface area contributed by atoms with Crippen LogP contribution in [0, 0.1) is 0 Å². The number of carbonyl (C=O) groups excluding carboxylic acids is 1. The van der Waals surface area contributed by atoms with Gasteiger partial charge in [-0.25, -0.2) is 4.98 Å². The number of rotatable bonds is 7. The summed E-state index contributed by atoms with van der Waals surface area (Å²) >= 11 is 3.13. The van der Waals surface area contributed by atoms with Gasteiger partial charge in [-0.2, -0.15) is 0 Å². The molecule has 4 rings (SSSR count). The maximum atomic E-state index is 12.8. The minimum atomic E-state index is -0.160. The highest BCUT2D eigenvalue weighted by Gasteiger charge is 2.19. The monoisotopic (exact) mass is 422 g/mol. The molecule has 0 bridgehead atoms. The molecule has 6 heteroatoms. The molecule has 1 aromatic carbocycles. The predicted molar refractivity (Wildman–Crippen MR) is 118 cm³/mol. The summed E-state index contributed by atoms with van der Waals surface area (Å²) in [5.74, 6) is 1.16. The molecule has 1 amide bonds. The van der Waals surface area contributed by atoms with Crippen LogP contribution in [0.1, 0.15) is 47.5 Å². The van der Waals surface area contributed by atoms with Crippen LogP contribution in [0.4, 0.5) is 0 Å². The molecule has 0 aliphatic rings. The molecule has 0 saturated carbocycles. The van der Waals surface area contributed by atoms with Crippen LogP contribution in [-0.4, -0.2) is 10.9 Å². The zero-order chi connectivity index (χ0) is 20.2. The minimum Gasteiger partial charge on any atom is -0.462 e. The third-order valence-electron chi connectivity index (χ3n) is 4.69. The molecular formula is C23H22N2O2S2. The Hall–Kier alpha value is -2.70. The average molecular weight is 423 g/mol. The average Bonchev–Trinajstić information content (AvgIpc) is 3.48. The van der Waals surface area contributed by atoms with Crippen LogP contribution >= 0.6 is 22.7 Å². The number of hydrogen-bond donors (Lipinski definition) is 1. The Bertz CT molecular complexity index is 1050. The second kappa shape index (κ2) is 8.76. The van der Waals surface area contributed by atoms with Crippen molar-refractivity contribution >= 4 is 28.6 Å². The van der Waals surface area contributed by atoms with Gasteiger partial charge in [0.15, 0.2) is 10.8 Å². The van der Waals surface area contributed by atoms with E-state index >= 15 is 0 Å². The molecule has 29 heavy (non-hydrogen) atoms. The van der Waals surface area contributed by atoms with E-state index in [-0.39, 0.29) is 18.4 Å².